The summed E-state index contributed by atoms with van der Waals surface area (Å²) >= 11 is 0. The van der Waals surface area contributed by atoms with E-state index in [2.05, 4.69) is 38.0 Å². The third kappa shape index (κ3) is 2.62. The van der Waals surface area contributed by atoms with E-state index in [1.54, 1.807) is 0 Å². The number of fused-ring (bicyclic) bond motifs is 2. The molecule has 0 spiro atoms. The molecule has 124 valence electrons. The van der Waals surface area contributed by atoms with Crippen molar-refractivity contribution in [2.45, 2.75) is 60.3 Å². The van der Waals surface area contributed by atoms with Crippen LogP contribution in [0.3, 0.4) is 0 Å². The van der Waals surface area contributed by atoms with Gasteiger partial charge in [-0.05, 0) is 49.0 Å². The van der Waals surface area contributed by atoms with Crippen LogP contribution in [0.25, 0.3) is 0 Å². The fraction of sp³-hybridized carbons (Fsp3) is 0.611. The van der Waals surface area contributed by atoms with Gasteiger partial charge in [0.15, 0.2) is 0 Å². The minimum Gasteiger partial charge on any atom is -0.411 e. The first kappa shape index (κ1) is 16.0. The summed E-state index contributed by atoms with van der Waals surface area (Å²) in [6.07, 6.45) is 3.16. The van der Waals surface area contributed by atoms with E-state index in [0.717, 1.165) is 53.8 Å². The normalized spacial score (nSPS) is 25.3. The van der Waals surface area contributed by atoms with Gasteiger partial charge in [-0.2, -0.15) is 0 Å². The van der Waals surface area contributed by atoms with Crippen LogP contribution < -0.4 is 0 Å². The van der Waals surface area contributed by atoms with Crippen molar-refractivity contribution in [1.29, 1.82) is 0 Å². The lowest BCUT2D eigenvalue weighted by Crippen LogP contribution is -2.34. The molecule has 2 aliphatic rings. The molecule has 0 amide bonds. The molecule has 1 aromatic rings. The molecule has 0 bridgehead atoms. The third-order valence-corrected chi connectivity index (χ3v) is 5.00. The van der Waals surface area contributed by atoms with Gasteiger partial charge in [-0.3, -0.25) is 4.98 Å². The molecule has 2 N–H and O–H groups in total. The molecule has 23 heavy (non-hydrogen) atoms. The topological polar surface area (TPSA) is 78.1 Å². The number of nitrogens with zero attached hydrogens (tertiary/aromatic N) is 3. The average molecular weight is 315 g/mol. The molecule has 3 rings (SSSR count). The SMILES string of the molecule is Cc1c2c(nc3c1C(=NO)CC(C)(C)C3)CC(C)(C)CC2=NO. The molecule has 0 atom stereocenters. The van der Waals surface area contributed by atoms with Crippen molar-refractivity contribution in [2.75, 3.05) is 0 Å². The van der Waals surface area contributed by atoms with E-state index in [9.17, 15) is 10.4 Å². The summed E-state index contributed by atoms with van der Waals surface area (Å²) in [5.41, 5.74) is 6.33. The van der Waals surface area contributed by atoms with Crippen LogP contribution in [0.2, 0.25) is 0 Å². The maximum Gasteiger partial charge on any atom is 0.0894 e. The van der Waals surface area contributed by atoms with Crippen LogP contribution in [0.15, 0.2) is 10.3 Å². The zero-order valence-electron chi connectivity index (χ0n) is 14.6. The lowest BCUT2D eigenvalue weighted by atomic mass is 9.70. The Morgan fingerprint density at radius 2 is 1.17 bits per heavy atom. The molecule has 0 saturated carbocycles. The zero-order valence-corrected chi connectivity index (χ0v) is 14.6. The van der Waals surface area contributed by atoms with E-state index in [1.807, 2.05) is 6.92 Å². The average Bonchev–Trinajstić information content (AvgIpc) is 2.42. The fourth-order valence-corrected chi connectivity index (χ4v) is 4.14. The van der Waals surface area contributed by atoms with E-state index in [4.69, 9.17) is 4.98 Å². The van der Waals surface area contributed by atoms with Crippen molar-refractivity contribution in [3.8, 4) is 0 Å². The van der Waals surface area contributed by atoms with Gasteiger partial charge in [0, 0.05) is 11.1 Å². The number of aromatic nitrogens is 1. The predicted octanol–water partition coefficient (Wildman–Crippen LogP) is 3.69. The van der Waals surface area contributed by atoms with Crippen LogP contribution in [0.1, 0.15) is 68.6 Å². The summed E-state index contributed by atoms with van der Waals surface area (Å²) in [5, 5.41) is 26.1. The number of hydrogen-bond acceptors (Lipinski definition) is 5. The van der Waals surface area contributed by atoms with Gasteiger partial charge in [-0.1, -0.05) is 38.0 Å². The molecule has 5 heteroatoms. The maximum absolute atomic E-state index is 9.49. The lowest BCUT2D eigenvalue weighted by molar-refractivity contribution is 0.302. The van der Waals surface area contributed by atoms with Crippen LogP contribution in [0.4, 0.5) is 0 Å². The molecule has 0 radical (unpaired) electrons. The van der Waals surface area contributed by atoms with Gasteiger partial charge in [0.1, 0.15) is 0 Å². The minimum atomic E-state index is 0.0281. The van der Waals surface area contributed by atoms with E-state index in [1.165, 1.54) is 0 Å². The van der Waals surface area contributed by atoms with Gasteiger partial charge in [-0.25, -0.2) is 0 Å². The Morgan fingerprint density at radius 3 is 1.52 bits per heavy atom. The summed E-state index contributed by atoms with van der Waals surface area (Å²) in [5.74, 6) is 0. The quantitative estimate of drug-likeness (QED) is 0.566. The maximum atomic E-state index is 9.49. The Labute approximate surface area is 137 Å². The standard InChI is InChI=1S/C18H25N3O2/c1-10-15-11(6-17(2,3)8-13(15)20-22)19-12-7-18(4,5)9-14(21-23)16(10)12/h22-23H,6-9H2,1-5H3. The number of rotatable bonds is 0. The highest BCUT2D eigenvalue weighted by Gasteiger charge is 2.38. The molecule has 0 saturated heterocycles. The Balaban J connectivity index is 2.28. The van der Waals surface area contributed by atoms with Crippen molar-refractivity contribution < 1.29 is 10.4 Å². The van der Waals surface area contributed by atoms with Gasteiger partial charge in [-0.15, -0.1) is 0 Å². The van der Waals surface area contributed by atoms with Crippen LogP contribution in [0, 0.1) is 17.8 Å². The van der Waals surface area contributed by atoms with E-state index in [0.29, 0.717) is 11.4 Å². The van der Waals surface area contributed by atoms with Crippen molar-refractivity contribution >= 4 is 11.4 Å². The highest BCUT2D eigenvalue weighted by atomic mass is 16.4. The summed E-state index contributed by atoms with van der Waals surface area (Å²) < 4.78 is 0. The smallest absolute Gasteiger partial charge is 0.0894 e. The molecule has 0 fully saturated rings. The predicted molar refractivity (Wildman–Crippen MR) is 89.8 cm³/mol. The first-order chi connectivity index (χ1) is 10.7. The first-order valence-electron chi connectivity index (χ1n) is 8.12. The third-order valence-electron chi connectivity index (χ3n) is 5.00. The van der Waals surface area contributed by atoms with E-state index >= 15 is 0 Å². The van der Waals surface area contributed by atoms with Gasteiger partial charge < -0.3 is 10.4 Å². The monoisotopic (exact) mass is 315 g/mol. The van der Waals surface area contributed by atoms with Crippen molar-refractivity contribution in [3.63, 3.8) is 0 Å². The second-order valence-electron chi connectivity index (χ2n) is 8.51. The van der Waals surface area contributed by atoms with Crippen LogP contribution >= 0.6 is 0 Å². The van der Waals surface area contributed by atoms with E-state index < -0.39 is 0 Å². The fourth-order valence-electron chi connectivity index (χ4n) is 4.14. The number of oxime groups is 2. The highest BCUT2D eigenvalue weighted by Crippen LogP contribution is 2.41. The Kier molecular flexibility index (Phi) is 3.50. The second kappa shape index (κ2) is 5.05. The Morgan fingerprint density at radius 1 is 0.783 bits per heavy atom. The molecular formula is C18H25N3O2. The molecule has 1 heterocycles. The van der Waals surface area contributed by atoms with Crippen molar-refractivity contribution in [1.82, 2.24) is 4.98 Å². The first-order valence-corrected chi connectivity index (χ1v) is 8.12. The van der Waals surface area contributed by atoms with Gasteiger partial charge in [0.05, 0.1) is 22.8 Å². The van der Waals surface area contributed by atoms with Crippen LogP contribution in [0.5, 0.6) is 0 Å². The summed E-state index contributed by atoms with van der Waals surface area (Å²) in [7, 11) is 0. The van der Waals surface area contributed by atoms with Crippen LogP contribution in [-0.4, -0.2) is 26.8 Å². The molecule has 5 nitrogen and oxygen atoms in total. The largest absolute Gasteiger partial charge is 0.411 e. The minimum absolute atomic E-state index is 0.0281. The summed E-state index contributed by atoms with van der Waals surface area (Å²) in [6, 6.07) is 0. The van der Waals surface area contributed by atoms with Crippen molar-refractivity contribution in [2.24, 2.45) is 21.1 Å². The molecule has 2 aliphatic carbocycles. The molecule has 0 unspecified atom stereocenters. The van der Waals surface area contributed by atoms with Gasteiger partial charge >= 0.3 is 0 Å². The van der Waals surface area contributed by atoms with Crippen LogP contribution in [-0.2, 0) is 12.8 Å². The Hall–Kier alpha value is -1.91. The number of pyridine rings is 1. The zero-order chi connectivity index (χ0) is 17.0. The summed E-state index contributed by atoms with van der Waals surface area (Å²) in [4.78, 5) is 4.92. The molecule has 0 aliphatic heterocycles. The van der Waals surface area contributed by atoms with E-state index in [-0.39, 0.29) is 10.8 Å². The molecule has 0 aromatic carbocycles. The summed E-state index contributed by atoms with van der Waals surface area (Å²) in [6.45, 7) is 10.7. The number of hydrogen-bond donors (Lipinski definition) is 2. The second-order valence-corrected chi connectivity index (χ2v) is 8.51. The Bertz CT molecular complexity index is 672. The van der Waals surface area contributed by atoms with Gasteiger partial charge in [0.2, 0.25) is 0 Å². The van der Waals surface area contributed by atoms with Gasteiger partial charge in [0.25, 0.3) is 0 Å². The lowest BCUT2D eigenvalue weighted by Gasteiger charge is -2.36. The highest BCUT2D eigenvalue weighted by molar-refractivity contribution is 6.09. The van der Waals surface area contributed by atoms with Crippen molar-refractivity contribution in [3.05, 3.63) is 28.1 Å². The molecular weight excluding hydrogens is 290 g/mol. The molecule has 1 aromatic heterocycles.